The average Bonchev–Trinajstić information content (AvgIpc) is 3.07. The third kappa shape index (κ3) is 3.68. The van der Waals surface area contributed by atoms with Crippen molar-refractivity contribution in [1.29, 1.82) is 0 Å². The lowest BCUT2D eigenvalue weighted by Crippen LogP contribution is -2.19. The number of amides is 1. The first kappa shape index (κ1) is 17.1. The molecular weight excluding hydrogens is 312 g/mol. The average molecular weight is 336 g/mol. The molecule has 1 heterocycles. The van der Waals surface area contributed by atoms with Crippen molar-refractivity contribution in [1.82, 2.24) is 0 Å². The van der Waals surface area contributed by atoms with E-state index in [-0.39, 0.29) is 0 Å². The van der Waals surface area contributed by atoms with E-state index in [2.05, 4.69) is 62.1 Å². The number of fused-ring (bicyclic) bond motifs is 1. The molecule has 0 bridgehead atoms. The normalized spacial score (nSPS) is 12.6. The number of nitrogens with one attached hydrogen (secondary N) is 1. The van der Waals surface area contributed by atoms with Gasteiger partial charge in [0.15, 0.2) is 0 Å². The number of carbonyl (C=O) groups is 1. The minimum atomic E-state index is -0.485. The van der Waals surface area contributed by atoms with Crippen LogP contribution in [0.25, 0.3) is 11.1 Å². The third-order valence-electron chi connectivity index (χ3n) is 4.53. The lowest BCUT2D eigenvalue weighted by Gasteiger charge is -2.14. The van der Waals surface area contributed by atoms with Gasteiger partial charge in [-0.2, -0.15) is 0 Å². The van der Waals surface area contributed by atoms with Gasteiger partial charge in [0.2, 0.25) is 5.91 Å². The predicted molar refractivity (Wildman–Crippen MR) is 102 cm³/mol. The summed E-state index contributed by atoms with van der Waals surface area (Å²) in [5, 5.41) is 3.24. The van der Waals surface area contributed by atoms with Crippen LogP contribution in [0.4, 0.5) is 5.69 Å². The van der Waals surface area contributed by atoms with Gasteiger partial charge in [-0.05, 0) is 29.2 Å². The topological polar surface area (TPSA) is 64.3 Å². The number of benzene rings is 2. The van der Waals surface area contributed by atoms with Gasteiger partial charge < -0.3 is 15.8 Å². The zero-order chi connectivity index (χ0) is 18.0. The highest BCUT2D eigenvalue weighted by Crippen LogP contribution is 2.39. The number of nitrogens with two attached hydrogens (primary N) is 1. The van der Waals surface area contributed by atoms with E-state index in [1.807, 2.05) is 0 Å². The number of hydrogen-bond donors (Lipinski definition) is 2. The highest BCUT2D eigenvalue weighted by Gasteiger charge is 2.19. The smallest absolute Gasteiger partial charge is 0.245 e. The molecule has 25 heavy (non-hydrogen) atoms. The second kappa shape index (κ2) is 7.01. The van der Waals surface area contributed by atoms with Crippen molar-refractivity contribution < 1.29 is 9.53 Å². The van der Waals surface area contributed by atoms with Crippen LogP contribution in [0.5, 0.6) is 5.75 Å². The van der Waals surface area contributed by atoms with Crippen LogP contribution in [0.15, 0.2) is 48.6 Å². The highest BCUT2D eigenvalue weighted by molar-refractivity contribution is 5.92. The monoisotopic (exact) mass is 336 g/mol. The minimum absolute atomic E-state index is 0.334. The summed E-state index contributed by atoms with van der Waals surface area (Å²) in [6.07, 6.45) is 0.888. The van der Waals surface area contributed by atoms with Gasteiger partial charge >= 0.3 is 0 Å². The molecule has 1 aliphatic heterocycles. The maximum Gasteiger partial charge on any atom is 0.245 e. The fraction of sp³-hybridized carbons (Fsp3) is 0.286. The molecule has 3 N–H and O–H groups in total. The van der Waals surface area contributed by atoms with E-state index in [9.17, 15) is 4.79 Å². The van der Waals surface area contributed by atoms with Crippen molar-refractivity contribution >= 4 is 11.6 Å². The minimum Gasteiger partial charge on any atom is -0.492 e. The van der Waals surface area contributed by atoms with Crippen molar-refractivity contribution in [2.45, 2.75) is 26.2 Å². The van der Waals surface area contributed by atoms with E-state index in [1.165, 1.54) is 11.1 Å². The van der Waals surface area contributed by atoms with Crippen LogP contribution in [0.2, 0.25) is 0 Å². The van der Waals surface area contributed by atoms with Gasteiger partial charge in [-0.1, -0.05) is 44.7 Å². The van der Waals surface area contributed by atoms with E-state index in [0.29, 0.717) is 24.6 Å². The standard InChI is InChI=1S/C21H24N2O2/c1-13(2)15-4-6-16(7-5-15)19-11-18(23-12-14(3)21(22)24)10-17-8-9-25-20(17)19/h4-7,10-11,13,23H,3,8-9,12H2,1-2H3,(H2,22,24). The molecule has 130 valence electrons. The first-order valence-electron chi connectivity index (χ1n) is 8.57. The molecule has 0 saturated heterocycles. The van der Waals surface area contributed by atoms with Crippen molar-refractivity contribution in [3.8, 4) is 16.9 Å². The summed E-state index contributed by atoms with van der Waals surface area (Å²) in [6.45, 7) is 9.09. The Hall–Kier alpha value is -2.75. The molecule has 0 saturated carbocycles. The van der Waals surface area contributed by atoms with Crippen LogP contribution < -0.4 is 15.8 Å². The molecule has 4 nitrogen and oxygen atoms in total. The summed E-state index contributed by atoms with van der Waals surface area (Å²) in [7, 11) is 0. The Morgan fingerprint density at radius 3 is 2.64 bits per heavy atom. The summed E-state index contributed by atoms with van der Waals surface area (Å²) in [5.41, 5.74) is 11.2. The Bertz CT molecular complexity index is 807. The van der Waals surface area contributed by atoms with Crippen LogP contribution in [-0.2, 0) is 11.2 Å². The molecule has 0 fully saturated rings. The van der Waals surface area contributed by atoms with E-state index in [4.69, 9.17) is 10.5 Å². The Kier molecular flexibility index (Phi) is 4.79. The molecule has 0 radical (unpaired) electrons. The Balaban J connectivity index is 1.92. The number of carbonyl (C=O) groups excluding carboxylic acids is 1. The van der Waals surface area contributed by atoms with Crippen molar-refractivity contribution in [2.24, 2.45) is 5.73 Å². The van der Waals surface area contributed by atoms with Crippen LogP contribution >= 0.6 is 0 Å². The summed E-state index contributed by atoms with van der Waals surface area (Å²) in [4.78, 5) is 11.1. The van der Waals surface area contributed by atoms with E-state index in [0.717, 1.165) is 29.0 Å². The van der Waals surface area contributed by atoms with E-state index >= 15 is 0 Å². The quantitative estimate of drug-likeness (QED) is 0.787. The predicted octanol–water partition coefficient (Wildman–Crippen LogP) is 3.87. The van der Waals surface area contributed by atoms with Gasteiger partial charge in [-0.25, -0.2) is 0 Å². The molecule has 1 aliphatic rings. The molecule has 0 spiro atoms. The molecule has 0 unspecified atom stereocenters. The molecule has 0 aromatic heterocycles. The second-order valence-corrected chi connectivity index (χ2v) is 6.71. The lowest BCUT2D eigenvalue weighted by molar-refractivity contribution is -0.114. The molecule has 4 heteroatoms. The van der Waals surface area contributed by atoms with Crippen LogP contribution in [0.1, 0.15) is 30.9 Å². The van der Waals surface area contributed by atoms with Crippen molar-refractivity contribution in [3.05, 3.63) is 59.7 Å². The van der Waals surface area contributed by atoms with E-state index in [1.54, 1.807) is 0 Å². The highest BCUT2D eigenvalue weighted by atomic mass is 16.5. The number of primary amides is 1. The number of hydrogen-bond acceptors (Lipinski definition) is 3. The Labute approximate surface area is 148 Å². The zero-order valence-corrected chi connectivity index (χ0v) is 14.8. The molecular formula is C21H24N2O2. The molecule has 2 aromatic carbocycles. The van der Waals surface area contributed by atoms with Gasteiger partial charge in [0.05, 0.1) is 6.61 Å². The Morgan fingerprint density at radius 2 is 2.00 bits per heavy atom. The molecule has 2 aromatic rings. The number of ether oxygens (including phenoxy) is 1. The molecule has 1 amide bonds. The number of anilines is 1. The first-order valence-corrected chi connectivity index (χ1v) is 8.57. The van der Waals surface area contributed by atoms with Gasteiger partial charge in [-0.15, -0.1) is 0 Å². The van der Waals surface area contributed by atoms with Crippen LogP contribution in [0.3, 0.4) is 0 Å². The van der Waals surface area contributed by atoms with E-state index < -0.39 is 5.91 Å². The van der Waals surface area contributed by atoms with Crippen molar-refractivity contribution in [2.75, 3.05) is 18.5 Å². The molecule has 0 atom stereocenters. The van der Waals surface area contributed by atoms with Crippen molar-refractivity contribution in [3.63, 3.8) is 0 Å². The lowest BCUT2D eigenvalue weighted by atomic mass is 9.96. The van der Waals surface area contributed by atoms with Gasteiger partial charge in [0.1, 0.15) is 5.75 Å². The number of rotatable bonds is 6. The first-order chi connectivity index (χ1) is 12.0. The second-order valence-electron chi connectivity index (χ2n) is 6.71. The summed E-state index contributed by atoms with van der Waals surface area (Å²) >= 11 is 0. The third-order valence-corrected chi connectivity index (χ3v) is 4.53. The SMILES string of the molecule is C=C(CNc1cc2c(c(-c3ccc(C(C)C)cc3)c1)OCC2)C(N)=O. The fourth-order valence-corrected chi connectivity index (χ4v) is 2.97. The zero-order valence-electron chi connectivity index (χ0n) is 14.8. The summed E-state index contributed by atoms with van der Waals surface area (Å²) in [5.74, 6) is 0.974. The van der Waals surface area contributed by atoms with Gasteiger partial charge in [0, 0.05) is 35.4 Å². The molecule has 0 aliphatic carbocycles. The summed E-state index contributed by atoms with van der Waals surface area (Å²) < 4.78 is 5.86. The molecule has 3 rings (SSSR count). The fourth-order valence-electron chi connectivity index (χ4n) is 2.97. The summed E-state index contributed by atoms with van der Waals surface area (Å²) in [6, 6.07) is 12.7. The van der Waals surface area contributed by atoms with Gasteiger partial charge in [-0.3, -0.25) is 4.79 Å². The maximum atomic E-state index is 11.1. The van der Waals surface area contributed by atoms with Crippen LogP contribution in [-0.4, -0.2) is 19.1 Å². The largest absolute Gasteiger partial charge is 0.492 e. The maximum absolute atomic E-state index is 11.1. The van der Waals surface area contributed by atoms with Gasteiger partial charge in [0.25, 0.3) is 0 Å². The van der Waals surface area contributed by atoms with Crippen LogP contribution in [0, 0.1) is 0 Å². The Morgan fingerprint density at radius 1 is 1.28 bits per heavy atom.